The highest BCUT2D eigenvalue weighted by Crippen LogP contribution is 2.36. The Labute approximate surface area is 179 Å². The average Bonchev–Trinajstić information content (AvgIpc) is 2.98. The number of carbonyl (C=O) groups is 2. The van der Waals surface area contributed by atoms with Crippen molar-refractivity contribution >= 4 is 17.8 Å². The summed E-state index contributed by atoms with van der Waals surface area (Å²) in [6.07, 6.45) is 5.80. The summed E-state index contributed by atoms with van der Waals surface area (Å²) >= 11 is 0. The molecule has 0 bridgehead atoms. The smallest absolute Gasteiger partial charge is 0.317 e. The second-order valence-corrected chi connectivity index (χ2v) is 8.35. The van der Waals surface area contributed by atoms with Crippen LogP contribution in [0, 0.1) is 25.2 Å². The molecular weight excluding hydrogens is 380 g/mol. The van der Waals surface area contributed by atoms with E-state index in [0.29, 0.717) is 50.1 Å². The lowest BCUT2D eigenvalue weighted by Crippen LogP contribution is -2.53. The molecule has 1 saturated carbocycles. The molecule has 2 aliphatic rings. The van der Waals surface area contributed by atoms with Crippen molar-refractivity contribution in [2.75, 3.05) is 44.6 Å². The summed E-state index contributed by atoms with van der Waals surface area (Å²) in [6.45, 7) is 9.34. The van der Waals surface area contributed by atoms with Gasteiger partial charge in [0.25, 0.3) is 0 Å². The second-order valence-electron chi connectivity index (χ2n) is 8.35. The third-order valence-electron chi connectivity index (χ3n) is 6.42. The van der Waals surface area contributed by atoms with Gasteiger partial charge in [-0.15, -0.1) is 0 Å². The van der Waals surface area contributed by atoms with E-state index in [0.717, 1.165) is 24.1 Å². The quantitative estimate of drug-likeness (QED) is 0.775. The van der Waals surface area contributed by atoms with Gasteiger partial charge in [-0.3, -0.25) is 9.69 Å². The van der Waals surface area contributed by atoms with Crippen molar-refractivity contribution in [2.24, 2.45) is 0 Å². The summed E-state index contributed by atoms with van der Waals surface area (Å²) in [5.74, 6) is 0.554. The zero-order chi connectivity index (χ0) is 21.7. The monoisotopic (exact) mass is 414 g/mol. The molecule has 164 valence electrons. The minimum Gasteiger partial charge on any atom is -0.338 e. The van der Waals surface area contributed by atoms with Crippen molar-refractivity contribution in [2.45, 2.75) is 58.9 Å². The summed E-state index contributed by atoms with van der Waals surface area (Å²) < 4.78 is 2.19. The minimum absolute atomic E-state index is 0.0449. The Bertz CT molecular complexity index is 811. The number of aromatic nitrogens is 1. The van der Waals surface area contributed by atoms with Crippen LogP contribution in [0.3, 0.4) is 0 Å². The van der Waals surface area contributed by atoms with Gasteiger partial charge in [-0.05, 0) is 39.2 Å². The van der Waals surface area contributed by atoms with E-state index in [1.165, 1.54) is 19.3 Å². The Morgan fingerprint density at radius 3 is 2.37 bits per heavy atom. The number of urea groups is 1. The van der Waals surface area contributed by atoms with Gasteiger partial charge in [0.15, 0.2) is 0 Å². The van der Waals surface area contributed by atoms with Crippen LogP contribution in [0.1, 0.15) is 61.9 Å². The maximum Gasteiger partial charge on any atom is 0.317 e. The third-order valence-corrected chi connectivity index (χ3v) is 6.42. The molecule has 0 aromatic carbocycles. The Kier molecular flexibility index (Phi) is 7.38. The van der Waals surface area contributed by atoms with Gasteiger partial charge in [-0.25, -0.2) is 4.79 Å². The molecule has 0 spiro atoms. The Balaban J connectivity index is 1.66. The van der Waals surface area contributed by atoms with Crippen molar-refractivity contribution in [3.63, 3.8) is 0 Å². The van der Waals surface area contributed by atoms with Gasteiger partial charge in [0.05, 0.1) is 12.1 Å². The summed E-state index contributed by atoms with van der Waals surface area (Å²) in [6, 6.07) is 2.60. The summed E-state index contributed by atoms with van der Waals surface area (Å²) in [7, 11) is 0. The van der Waals surface area contributed by atoms with E-state index in [1.54, 1.807) is 4.90 Å². The van der Waals surface area contributed by atoms with Crippen molar-refractivity contribution in [3.05, 3.63) is 16.8 Å². The molecule has 1 aliphatic heterocycles. The van der Waals surface area contributed by atoms with E-state index in [2.05, 4.69) is 26.2 Å². The summed E-state index contributed by atoms with van der Waals surface area (Å²) in [4.78, 5) is 28.6. The van der Waals surface area contributed by atoms with E-state index in [4.69, 9.17) is 0 Å². The highest BCUT2D eigenvalue weighted by atomic mass is 16.2. The van der Waals surface area contributed by atoms with Gasteiger partial charge in [0, 0.05) is 44.5 Å². The van der Waals surface area contributed by atoms with E-state index >= 15 is 0 Å². The zero-order valence-electron chi connectivity index (χ0n) is 18.5. The fourth-order valence-electron chi connectivity index (χ4n) is 4.63. The van der Waals surface area contributed by atoms with Crippen LogP contribution in [-0.2, 0) is 4.79 Å². The number of piperazine rings is 1. The van der Waals surface area contributed by atoms with Crippen LogP contribution in [-0.4, -0.2) is 65.6 Å². The lowest BCUT2D eigenvalue weighted by molar-refractivity contribution is -0.117. The number of carbonyl (C=O) groups excluding carboxylic acids is 2. The van der Waals surface area contributed by atoms with Crippen LogP contribution in [0.5, 0.6) is 0 Å². The lowest BCUT2D eigenvalue weighted by atomic mass is 9.95. The number of hydrogen-bond donors (Lipinski definition) is 2. The number of nitrogens with zero attached hydrogens (tertiary/aromatic N) is 4. The molecule has 3 amide bonds. The largest absolute Gasteiger partial charge is 0.338 e. The Morgan fingerprint density at radius 2 is 1.77 bits per heavy atom. The van der Waals surface area contributed by atoms with Gasteiger partial charge >= 0.3 is 6.03 Å². The van der Waals surface area contributed by atoms with Gasteiger partial charge < -0.3 is 20.1 Å². The maximum absolute atomic E-state index is 12.9. The van der Waals surface area contributed by atoms with Crippen LogP contribution in [0.2, 0.25) is 0 Å². The van der Waals surface area contributed by atoms with Crippen molar-refractivity contribution in [3.8, 4) is 6.07 Å². The van der Waals surface area contributed by atoms with Crippen LogP contribution < -0.4 is 10.6 Å². The molecule has 1 aromatic heterocycles. The first kappa shape index (κ1) is 22.2. The fraction of sp³-hybridized carbons (Fsp3) is 0.682. The van der Waals surface area contributed by atoms with Crippen molar-refractivity contribution < 1.29 is 9.59 Å². The number of hydrogen-bond acceptors (Lipinski definition) is 4. The molecule has 8 nitrogen and oxygen atoms in total. The third kappa shape index (κ3) is 4.78. The first-order valence-electron chi connectivity index (χ1n) is 11.1. The van der Waals surface area contributed by atoms with Crippen molar-refractivity contribution in [1.82, 2.24) is 19.7 Å². The molecule has 1 aliphatic carbocycles. The number of nitrogens with one attached hydrogen (secondary N) is 2. The molecule has 2 fully saturated rings. The number of nitriles is 1. The van der Waals surface area contributed by atoms with Crippen molar-refractivity contribution in [1.29, 1.82) is 5.26 Å². The lowest BCUT2D eigenvalue weighted by Gasteiger charge is -2.34. The van der Waals surface area contributed by atoms with E-state index < -0.39 is 0 Å². The molecule has 3 rings (SSSR count). The predicted molar refractivity (Wildman–Crippen MR) is 116 cm³/mol. The second kappa shape index (κ2) is 9.98. The minimum atomic E-state index is -0.104. The molecule has 0 atom stereocenters. The molecule has 0 radical (unpaired) electrons. The van der Waals surface area contributed by atoms with E-state index in [1.807, 2.05) is 20.8 Å². The first-order valence-corrected chi connectivity index (χ1v) is 11.1. The normalized spacial score (nSPS) is 18.1. The molecule has 2 heterocycles. The van der Waals surface area contributed by atoms with Crippen LogP contribution in [0.4, 0.5) is 10.6 Å². The SMILES string of the molecule is CCNC(=O)N1CCN(CC(=O)Nc2c(C#N)c(C)c(C)n2C2CCCCC2)CC1. The topological polar surface area (TPSA) is 93.4 Å². The fourth-order valence-corrected chi connectivity index (χ4v) is 4.63. The van der Waals surface area contributed by atoms with Gasteiger partial charge in [-0.1, -0.05) is 19.3 Å². The van der Waals surface area contributed by atoms with Crippen LogP contribution in [0.25, 0.3) is 0 Å². The van der Waals surface area contributed by atoms with Crippen LogP contribution >= 0.6 is 0 Å². The number of amides is 3. The highest BCUT2D eigenvalue weighted by Gasteiger charge is 2.27. The average molecular weight is 415 g/mol. The zero-order valence-corrected chi connectivity index (χ0v) is 18.5. The molecular formula is C22H34N6O2. The molecule has 30 heavy (non-hydrogen) atoms. The molecule has 1 aromatic rings. The first-order chi connectivity index (χ1) is 14.5. The molecule has 0 unspecified atom stereocenters. The molecule has 1 saturated heterocycles. The summed E-state index contributed by atoms with van der Waals surface area (Å²) in [5.41, 5.74) is 2.60. The maximum atomic E-state index is 12.9. The number of rotatable bonds is 5. The van der Waals surface area contributed by atoms with Gasteiger partial charge in [0.1, 0.15) is 11.9 Å². The molecule has 2 N–H and O–H groups in total. The van der Waals surface area contributed by atoms with Crippen LogP contribution in [0.15, 0.2) is 0 Å². The van der Waals surface area contributed by atoms with E-state index in [-0.39, 0.29) is 18.5 Å². The van der Waals surface area contributed by atoms with Gasteiger partial charge in [0.2, 0.25) is 5.91 Å². The van der Waals surface area contributed by atoms with E-state index in [9.17, 15) is 14.9 Å². The standard InChI is InChI=1S/C22H34N6O2/c1-4-24-22(30)27-12-10-26(11-13-27)15-20(29)25-21-19(14-23)16(2)17(3)28(21)18-8-6-5-7-9-18/h18H,4-13,15H2,1-3H3,(H,24,30)(H,25,29). The number of anilines is 1. The highest BCUT2D eigenvalue weighted by molar-refractivity contribution is 5.93. The Morgan fingerprint density at radius 1 is 1.10 bits per heavy atom. The summed E-state index contributed by atoms with van der Waals surface area (Å²) in [5, 5.41) is 15.6. The Hall–Kier alpha value is -2.53. The predicted octanol–water partition coefficient (Wildman–Crippen LogP) is 2.77. The molecule has 8 heteroatoms. The van der Waals surface area contributed by atoms with Gasteiger partial charge in [-0.2, -0.15) is 5.26 Å².